The molecule has 1 fully saturated rings. The zero-order valence-electron chi connectivity index (χ0n) is 9.31. The molecule has 6 heteroatoms. The maximum absolute atomic E-state index is 11.8. The Bertz CT molecular complexity index is 284. The minimum absolute atomic E-state index is 0.0902. The summed E-state index contributed by atoms with van der Waals surface area (Å²) in [6.45, 7) is 4.78. The number of hydrogen-bond donors (Lipinski definition) is 2. The zero-order valence-corrected chi connectivity index (χ0v) is 10.1. The number of rotatable bonds is 5. The minimum Gasteiger partial charge on any atom is -0.395 e. The van der Waals surface area contributed by atoms with E-state index in [1.54, 1.807) is 0 Å². The van der Waals surface area contributed by atoms with Crippen LogP contribution in [0, 0.1) is 5.92 Å². The molecule has 1 aliphatic heterocycles. The molecule has 90 valence electrons. The molecule has 0 aromatic heterocycles. The maximum Gasteiger partial charge on any atom is 0.279 e. The fraction of sp³-hybridized carbons (Fsp3) is 1.00. The summed E-state index contributed by atoms with van der Waals surface area (Å²) in [6, 6.07) is -0.393. The lowest BCUT2D eigenvalue weighted by Crippen LogP contribution is -2.47. The lowest BCUT2D eigenvalue weighted by atomic mass is 10.1. The number of aliphatic hydroxyl groups excluding tert-OH is 1. The van der Waals surface area contributed by atoms with Gasteiger partial charge in [-0.25, -0.2) is 0 Å². The van der Waals surface area contributed by atoms with Gasteiger partial charge in [0, 0.05) is 19.1 Å². The minimum atomic E-state index is -3.39. The van der Waals surface area contributed by atoms with Crippen LogP contribution in [-0.2, 0) is 10.2 Å². The van der Waals surface area contributed by atoms with E-state index in [9.17, 15) is 8.42 Å². The molecule has 0 spiro atoms. The molecular weight excluding hydrogens is 216 g/mol. The van der Waals surface area contributed by atoms with Crippen molar-refractivity contribution in [2.24, 2.45) is 5.92 Å². The molecule has 15 heavy (non-hydrogen) atoms. The molecule has 1 saturated heterocycles. The summed E-state index contributed by atoms with van der Waals surface area (Å²) in [5.74, 6) is 0.0902. The van der Waals surface area contributed by atoms with Gasteiger partial charge < -0.3 is 5.11 Å². The Hall–Kier alpha value is -0.170. The van der Waals surface area contributed by atoms with Crippen molar-refractivity contribution in [3.8, 4) is 0 Å². The Labute approximate surface area is 91.7 Å². The van der Waals surface area contributed by atoms with Crippen LogP contribution in [-0.4, -0.2) is 43.6 Å². The second kappa shape index (κ2) is 5.25. The molecule has 0 saturated carbocycles. The third-order valence-electron chi connectivity index (χ3n) is 2.71. The Morgan fingerprint density at radius 2 is 1.87 bits per heavy atom. The molecule has 2 N–H and O–H groups in total. The second-order valence-corrected chi connectivity index (χ2v) is 5.96. The molecule has 1 unspecified atom stereocenters. The smallest absolute Gasteiger partial charge is 0.279 e. The summed E-state index contributed by atoms with van der Waals surface area (Å²) in [6.07, 6.45) is 1.85. The van der Waals surface area contributed by atoms with Crippen LogP contribution in [0.15, 0.2) is 0 Å². The third-order valence-corrected chi connectivity index (χ3v) is 4.35. The topological polar surface area (TPSA) is 69.6 Å². The lowest BCUT2D eigenvalue weighted by Gasteiger charge is -2.23. The monoisotopic (exact) mass is 236 g/mol. The number of nitrogens with one attached hydrogen (secondary N) is 1. The fourth-order valence-electron chi connectivity index (χ4n) is 1.58. The number of aliphatic hydroxyl groups is 1. The molecule has 0 aromatic rings. The van der Waals surface area contributed by atoms with Gasteiger partial charge in [0.1, 0.15) is 0 Å². The quantitative estimate of drug-likeness (QED) is 0.702. The first-order chi connectivity index (χ1) is 6.97. The Morgan fingerprint density at radius 3 is 2.27 bits per heavy atom. The summed E-state index contributed by atoms with van der Waals surface area (Å²) in [5.41, 5.74) is 0. The van der Waals surface area contributed by atoms with E-state index >= 15 is 0 Å². The van der Waals surface area contributed by atoms with Crippen molar-refractivity contribution in [1.29, 1.82) is 0 Å². The van der Waals surface area contributed by atoms with Gasteiger partial charge >= 0.3 is 0 Å². The van der Waals surface area contributed by atoms with Crippen LogP contribution in [0.4, 0.5) is 0 Å². The summed E-state index contributed by atoms with van der Waals surface area (Å²) in [7, 11) is -3.39. The van der Waals surface area contributed by atoms with Crippen molar-refractivity contribution in [1.82, 2.24) is 9.03 Å². The Kier molecular flexibility index (Phi) is 4.51. The van der Waals surface area contributed by atoms with Gasteiger partial charge in [-0.2, -0.15) is 17.4 Å². The van der Waals surface area contributed by atoms with Gasteiger partial charge in [0.15, 0.2) is 0 Å². The van der Waals surface area contributed by atoms with Crippen molar-refractivity contribution < 1.29 is 13.5 Å². The first kappa shape index (κ1) is 12.9. The molecule has 0 aromatic carbocycles. The highest BCUT2D eigenvalue weighted by atomic mass is 32.2. The summed E-state index contributed by atoms with van der Waals surface area (Å²) in [4.78, 5) is 0. The van der Waals surface area contributed by atoms with Gasteiger partial charge in [-0.3, -0.25) is 0 Å². The SMILES string of the molecule is CC(C)C(CO)NS(=O)(=O)N1CCCC1. The summed E-state index contributed by atoms with van der Waals surface area (Å²) in [5, 5.41) is 9.06. The van der Waals surface area contributed by atoms with Crippen LogP contribution in [0.3, 0.4) is 0 Å². The third kappa shape index (κ3) is 3.41. The van der Waals surface area contributed by atoms with E-state index in [1.165, 1.54) is 4.31 Å². The molecule has 0 radical (unpaired) electrons. The number of hydrogen-bond acceptors (Lipinski definition) is 3. The van der Waals surface area contributed by atoms with E-state index in [0.717, 1.165) is 12.8 Å². The highest BCUT2D eigenvalue weighted by Gasteiger charge is 2.28. The Morgan fingerprint density at radius 1 is 1.33 bits per heavy atom. The van der Waals surface area contributed by atoms with E-state index in [4.69, 9.17) is 5.11 Å². The van der Waals surface area contributed by atoms with Crippen molar-refractivity contribution in [3.05, 3.63) is 0 Å². The van der Waals surface area contributed by atoms with Gasteiger partial charge in [0.2, 0.25) is 0 Å². The van der Waals surface area contributed by atoms with Crippen LogP contribution in [0.1, 0.15) is 26.7 Å². The summed E-state index contributed by atoms with van der Waals surface area (Å²) < 4.78 is 27.6. The molecule has 0 bridgehead atoms. The number of nitrogens with zero attached hydrogens (tertiary/aromatic N) is 1. The maximum atomic E-state index is 11.8. The first-order valence-electron chi connectivity index (χ1n) is 5.35. The molecule has 1 aliphatic rings. The molecule has 5 nitrogen and oxygen atoms in total. The normalized spacial score (nSPS) is 21.1. The predicted octanol–water partition coefficient (Wildman–Crippen LogP) is -0.0665. The Balaban J connectivity index is 2.61. The van der Waals surface area contributed by atoms with Crippen molar-refractivity contribution in [2.75, 3.05) is 19.7 Å². The van der Waals surface area contributed by atoms with Gasteiger partial charge in [-0.05, 0) is 18.8 Å². The van der Waals surface area contributed by atoms with Crippen molar-refractivity contribution in [2.45, 2.75) is 32.7 Å². The average Bonchev–Trinajstić information content (AvgIpc) is 2.67. The van der Waals surface area contributed by atoms with E-state index < -0.39 is 16.3 Å². The van der Waals surface area contributed by atoms with Gasteiger partial charge in [-0.1, -0.05) is 13.8 Å². The predicted molar refractivity (Wildman–Crippen MR) is 58.6 cm³/mol. The molecular formula is C9H20N2O3S. The molecule has 0 amide bonds. The standard InChI is InChI=1S/C9H20N2O3S/c1-8(2)9(7-12)10-15(13,14)11-5-3-4-6-11/h8-10,12H,3-7H2,1-2H3. The van der Waals surface area contributed by atoms with Crippen molar-refractivity contribution in [3.63, 3.8) is 0 Å². The van der Waals surface area contributed by atoms with Gasteiger partial charge in [0.05, 0.1) is 6.61 Å². The van der Waals surface area contributed by atoms with E-state index in [0.29, 0.717) is 13.1 Å². The summed E-state index contributed by atoms with van der Waals surface area (Å²) >= 11 is 0. The largest absolute Gasteiger partial charge is 0.395 e. The highest BCUT2D eigenvalue weighted by molar-refractivity contribution is 7.87. The van der Waals surface area contributed by atoms with Crippen LogP contribution < -0.4 is 4.72 Å². The van der Waals surface area contributed by atoms with Crippen molar-refractivity contribution >= 4 is 10.2 Å². The van der Waals surface area contributed by atoms with Gasteiger partial charge in [0.25, 0.3) is 10.2 Å². The van der Waals surface area contributed by atoms with E-state index in [1.807, 2.05) is 13.8 Å². The van der Waals surface area contributed by atoms with Gasteiger partial charge in [-0.15, -0.1) is 0 Å². The average molecular weight is 236 g/mol. The molecule has 0 aliphatic carbocycles. The van der Waals surface area contributed by atoms with Crippen LogP contribution in [0.25, 0.3) is 0 Å². The highest BCUT2D eigenvalue weighted by Crippen LogP contribution is 2.13. The zero-order chi connectivity index (χ0) is 11.5. The molecule has 1 rings (SSSR count). The van der Waals surface area contributed by atoms with Crippen LogP contribution >= 0.6 is 0 Å². The van der Waals surface area contributed by atoms with Crippen LogP contribution in [0.5, 0.6) is 0 Å². The second-order valence-electron chi connectivity index (χ2n) is 4.26. The van der Waals surface area contributed by atoms with E-state index in [2.05, 4.69) is 4.72 Å². The fourth-order valence-corrected chi connectivity index (χ4v) is 3.20. The lowest BCUT2D eigenvalue weighted by molar-refractivity contribution is 0.225. The first-order valence-corrected chi connectivity index (χ1v) is 6.79. The van der Waals surface area contributed by atoms with E-state index in [-0.39, 0.29) is 12.5 Å². The molecule has 1 atom stereocenters. The van der Waals surface area contributed by atoms with Crippen LogP contribution in [0.2, 0.25) is 0 Å². The molecule has 1 heterocycles.